The molecule has 1 aliphatic carbocycles. The lowest BCUT2D eigenvalue weighted by molar-refractivity contribution is 0.281. The summed E-state index contributed by atoms with van der Waals surface area (Å²) in [4.78, 5) is 4.22. The third kappa shape index (κ3) is 2.97. The van der Waals surface area contributed by atoms with Gasteiger partial charge in [-0.2, -0.15) is 0 Å². The molecule has 0 aliphatic heterocycles. The number of aryl methyl sites for hydroxylation is 1. The maximum atomic E-state index is 4.22. The van der Waals surface area contributed by atoms with Crippen molar-refractivity contribution in [2.24, 2.45) is 11.8 Å². The summed E-state index contributed by atoms with van der Waals surface area (Å²) in [5.41, 5.74) is 2.31. The molecule has 1 saturated carbocycles. The highest BCUT2D eigenvalue weighted by atomic mass is 14.9. The van der Waals surface area contributed by atoms with Crippen LogP contribution in [0, 0.1) is 18.8 Å². The van der Waals surface area contributed by atoms with E-state index in [9.17, 15) is 0 Å². The van der Waals surface area contributed by atoms with Crippen LogP contribution in [-0.2, 0) is 0 Å². The lowest BCUT2D eigenvalue weighted by Crippen LogP contribution is -2.30. The van der Waals surface area contributed by atoms with Crippen molar-refractivity contribution in [1.82, 2.24) is 4.98 Å². The minimum Gasteiger partial charge on any atom is -0.382 e. The summed E-state index contributed by atoms with van der Waals surface area (Å²) in [7, 11) is 0. The molecule has 1 aromatic rings. The first kappa shape index (κ1) is 11.4. The monoisotopic (exact) mass is 218 g/mol. The normalized spacial score (nSPS) is 30.1. The fourth-order valence-corrected chi connectivity index (χ4v) is 2.94. The van der Waals surface area contributed by atoms with Crippen LogP contribution < -0.4 is 5.32 Å². The summed E-state index contributed by atoms with van der Waals surface area (Å²) in [5, 5.41) is 3.64. The SMILES string of the molecule is Cc1cc(NC2CC(C)CC(C)C2)ccn1. The van der Waals surface area contributed by atoms with Gasteiger partial charge in [-0.25, -0.2) is 0 Å². The lowest BCUT2D eigenvalue weighted by Gasteiger charge is -2.32. The summed E-state index contributed by atoms with van der Waals surface area (Å²) >= 11 is 0. The number of hydrogen-bond donors (Lipinski definition) is 1. The summed E-state index contributed by atoms with van der Waals surface area (Å²) in [6.07, 6.45) is 5.86. The molecule has 16 heavy (non-hydrogen) atoms. The Bertz CT molecular complexity index is 338. The van der Waals surface area contributed by atoms with Gasteiger partial charge >= 0.3 is 0 Å². The Balaban J connectivity index is 1.98. The van der Waals surface area contributed by atoms with E-state index in [2.05, 4.69) is 36.3 Å². The Hall–Kier alpha value is -1.05. The van der Waals surface area contributed by atoms with Gasteiger partial charge in [-0.05, 0) is 50.2 Å². The van der Waals surface area contributed by atoms with Crippen molar-refractivity contribution in [2.45, 2.75) is 46.1 Å². The highest BCUT2D eigenvalue weighted by Crippen LogP contribution is 2.30. The number of nitrogens with zero attached hydrogens (tertiary/aromatic N) is 1. The van der Waals surface area contributed by atoms with Gasteiger partial charge in [0, 0.05) is 23.6 Å². The molecule has 0 aromatic carbocycles. The zero-order valence-electron chi connectivity index (χ0n) is 10.5. The van der Waals surface area contributed by atoms with Crippen molar-refractivity contribution in [1.29, 1.82) is 0 Å². The second kappa shape index (κ2) is 4.86. The van der Waals surface area contributed by atoms with Crippen LogP contribution in [-0.4, -0.2) is 11.0 Å². The van der Waals surface area contributed by atoms with E-state index in [-0.39, 0.29) is 0 Å². The molecule has 1 N–H and O–H groups in total. The number of rotatable bonds is 2. The Kier molecular flexibility index (Phi) is 3.47. The molecule has 1 aromatic heterocycles. The maximum Gasteiger partial charge on any atom is 0.0393 e. The molecule has 0 radical (unpaired) electrons. The molecule has 0 spiro atoms. The van der Waals surface area contributed by atoms with Gasteiger partial charge in [-0.15, -0.1) is 0 Å². The smallest absolute Gasteiger partial charge is 0.0393 e. The molecule has 2 atom stereocenters. The van der Waals surface area contributed by atoms with E-state index >= 15 is 0 Å². The molecule has 2 nitrogen and oxygen atoms in total. The quantitative estimate of drug-likeness (QED) is 0.820. The topological polar surface area (TPSA) is 24.9 Å². The molecule has 88 valence electrons. The van der Waals surface area contributed by atoms with E-state index in [0.717, 1.165) is 17.5 Å². The third-order valence-electron chi connectivity index (χ3n) is 3.45. The summed E-state index contributed by atoms with van der Waals surface area (Å²) < 4.78 is 0. The van der Waals surface area contributed by atoms with Gasteiger partial charge in [-0.3, -0.25) is 4.98 Å². The molecular formula is C14H22N2. The number of nitrogens with one attached hydrogen (secondary N) is 1. The van der Waals surface area contributed by atoms with Crippen molar-refractivity contribution < 1.29 is 0 Å². The molecule has 0 saturated heterocycles. The average Bonchev–Trinajstić information content (AvgIpc) is 2.15. The van der Waals surface area contributed by atoms with Gasteiger partial charge in [0.15, 0.2) is 0 Å². The molecule has 2 heteroatoms. The molecular weight excluding hydrogens is 196 g/mol. The van der Waals surface area contributed by atoms with Crippen molar-refractivity contribution in [2.75, 3.05) is 5.32 Å². The molecule has 1 fully saturated rings. The van der Waals surface area contributed by atoms with Crippen LogP contribution in [0.5, 0.6) is 0 Å². The minimum absolute atomic E-state index is 0.639. The molecule has 0 amide bonds. The largest absolute Gasteiger partial charge is 0.382 e. The van der Waals surface area contributed by atoms with Gasteiger partial charge in [0.2, 0.25) is 0 Å². The Morgan fingerprint density at radius 1 is 1.19 bits per heavy atom. The standard InChI is InChI=1S/C14H22N2/c1-10-6-11(2)8-14(7-10)16-13-4-5-15-12(3)9-13/h4-5,9-11,14H,6-8H2,1-3H3,(H,15,16). The zero-order chi connectivity index (χ0) is 11.5. The molecule has 2 rings (SSSR count). The fraction of sp³-hybridized carbons (Fsp3) is 0.643. The number of anilines is 1. The first-order valence-corrected chi connectivity index (χ1v) is 6.32. The summed E-state index contributed by atoms with van der Waals surface area (Å²) in [6, 6.07) is 4.83. The van der Waals surface area contributed by atoms with E-state index in [4.69, 9.17) is 0 Å². The molecule has 0 bridgehead atoms. The van der Waals surface area contributed by atoms with E-state index in [0.29, 0.717) is 6.04 Å². The van der Waals surface area contributed by atoms with Crippen LogP contribution in [0.3, 0.4) is 0 Å². The van der Waals surface area contributed by atoms with E-state index in [1.54, 1.807) is 0 Å². The Morgan fingerprint density at radius 3 is 2.50 bits per heavy atom. The average molecular weight is 218 g/mol. The van der Waals surface area contributed by atoms with Crippen LogP contribution in [0.4, 0.5) is 5.69 Å². The maximum absolute atomic E-state index is 4.22. The van der Waals surface area contributed by atoms with Gasteiger partial charge in [0.25, 0.3) is 0 Å². The highest BCUT2D eigenvalue weighted by Gasteiger charge is 2.23. The molecule has 1 aliphatic rings. The van der Waals surface area contributed by atoms with Crippen LogP contribution in [0.25, 0.3) is 0 Å². The van der Waals surface area contributed by atoms with Crippen LogP contribution >= 0.6 is 0 Å². The first-order valence-electron chi connectivity index (χ1n) is 6.32. The van der Waals surface area contributed by atoms with Crippen molar-refractivity contribution >= 4 is 5.69 Å². The summed E-state index contributed by atoms with van der Waals surface area (Å²) in [5.74, 6) is 1.70. The predicted molar refractivity (Wildman–Crippen MR) is 68.6 cm³/mol. The van der Waals surface area contributed by atoms with E-state index in [1.165, 1.54) is 24.9 Å². The number of pyridine rings is 1. The van der Waals surface area contributed by atoms with Crippen molar-refractivity contribution in [3.8, 4) is 0 Å². The minimum atomic E-state index is 0.639. The van der Waals surface area contributed by atoms with E-state index < -0.39 is 0 Å². The fourth-order valence-electron chi connectivity index (χ4n) is 2.94. The van der Waals surface area contributed by atoms with Crippen molar-refractivity contribution in [3.63, 3.8) is 0 Å². The highest BCUT2D eigenvalue weighted by molar-refractivity contribution is 5.43. The molecule has 2 unspecified atom stereocenters. The second-order valence-electron chi connectivity index (χ2n) is 5.44. The number of hydrogen-bond acceptors (Lipinski definition) is 2. The first-order chi connectivity index (χ1) is 7.63. The molecule has 1 heterocycles. The van der Waals surface area contributed by atoms with Gasteiger partial charge in [0.05, 0.1) is 0 Å². The van der Waals surface area contributed by atoms with Gasteiger partial charge < -0.3 is 5.32 Å². The second-order valence-corrected chi connectivity index (χ2v) is 5.44. The Labute approximate surface area is 98.5 Å². The van der Waals surface area contributed by atoms with E-state index in [1.807, 2.05) is 13.1 Å². The Morgan fingerprint density at radius 2 is 1.88 bits per heavy atom. The van der Waals surface area contributed by atoms with Gasteiger partial charge in [0.1, 0.15) is 0 Å². The van der Waals surface area contributed by atoms with Crippen LogP contribution in [0.2, 0.25) is 0 Å². The number of aromatic nitrogens is 1. The van der Waals surface area contributed by atoms with Crippen LogP contribution in [0.1, 0.15) is 38.8 Å². The lowest BCUT2D eigenvalue weighted by atomic mass is 9.80. The van der Waals surface area contributed by atoms with Crippen molar-refractivity contribution in [3.05, 3.63) is 24.0 Å². The predicted octanol–water partition coefficient (Wildman–Crippen LogP) is 3.63. The third-order valence-corrected chi connectivity index (χ3v) is 3.45. The van der Waals surface area contributed by atoms with Crippen LogP contribution in [0.15, 0.2) is 18.3 Å². The van der Waals surface area contributed by atoms with Gasteiger partial charge in [-0.1, -0.05) is 13.8 Å². The summed E-state index contributed by atoms with van der Waals surface area (Å²) in [6.45, 7) is 6.77. The zero-order valence-corrected chi connectivity index (χ0v) is 10.5.